The maximum Gasteiger partial charge on any atom is 0.0642 e. The second-order valence-electron chi connectivity index (χ2n) is 15.0. The highest BCUT2D eigenvalue weighted by molar-refractivity contribution is 5.35. The van der Waals surface area contributed by atoms with Gasteiger partial charge in [0.15, 0.2) is 0 Å². The van der Waals surface area contributed by atoms with E-state index in [-0.39, 0.29) is 57.7 Å². The predicted molar refractivity (Wildman–Crippen MR) is 135 cm³/mol. The van der Waals surface area contributed by atoms with Crippen LogP contribution in [0.3, 0.4) is 0 Å². The monoisotopic (exact) mass is 474 g/mol. The average Bonchev–Trinajstić information content (AvgIpc) is 2.78. The lowest BCUT2D eigenvalue weighted by Crippen LogP contribution is -2.68. The molecule has 5 aliphatic rings. The number of hydrogen-bond donors (Lipinski definition) is 4. The van der Waals surface area contributed by atoms with Gasteiger partial charge in [-0.15, -0.1) is 0 Å². The van der Waals surface area contributed by atoms with E-state index in [9.17, 15) is 20.4 Å². The largest absolute Gasteiger partial charge is 0.396 e. The fourth-order valence-corrected chi connectivity index (χ4v) is 10.8. The van der Waals surface area contributed by atoms with Gasteiger partial charge in [0.25, 0.3) is 0 Å². The molecule has 4 saturated carbocycles. The molecule has 34 heavy (non-hydrogen) atoms. The van der Waals surface area contributed by atoms with E-state index in [1.807, 2.05) is 0 Å². The van der Waals surface area contributed by atoms with Crippen LogP contribution in [0.25, 0.3) is 0 Å². The average molecular weight is 475 g/mol. The molecular weight excluding hydrogens is 424 g/mol. The molecule has 0 aromatic carbocycles. The van der Waals surface area contributed by atoms with Crippen LogP contribution in [0.4, 0.5) is 0 Å². The van der Waals surface area contributed by atoms with Crippen LogP contribution in [0, 0.1) is 50.2 Å². The Hall–Kier alpha value is -0.420. The SMILES string of the molecule is CC1(C)[C@@H](O)CC[C@]2(C)[C@H]3CC=C4[C@@H]5C[C@@](C)(CO)CC[C@]5(CO)C[C@H](O)[C@@]4(C)[C@]3(C)CC[C@@H]12. The van der Waals surface area contributed by atoms with Gasteiger partial charge in [-0.25, -0.2) is 0 Å². The number of hydrogen-bond acceptors (Lipinski definition) is 4. The van der Waals surface area contributed by atoms with Gasteiger partial charge in [0.2, 0.25) is 0 Å². The van der Waals surface area contributed by atoms with Crippen LogP contribution >= 0.6 is 0 Å². The van der Waals surface area contributed by atoms with E-state index < -0.39 is 6.10 Å². The second-order valence-corrected chi connectivity index (χ2v) is 15.0. The van der Waals surface area contributed by atoms with Crippen molar-refractivity contribution in [3.8, 4) is 0 Å². The third-order valence-corrected chi connectivity index (χ3v) is 13.4. The minimum absolute atomic E-state index is 0.0190. The number of rotatable bonds is 2. The molecule has 0 amide bonds. The number of aliphatic hydroxyl groups excluding tert-OH is 4. The molecule has 0 aliphatic heterocycles. The Morgan fingerprint density at radius 2 is 1.50 bits per heavy atom. The zero-order valence-corrected chi connectivity index (χ0v) is 22.5. The van der Waals surface area contributed by atoms with Crippen molar-refractivity contribution in [3.63, 3.8) is 0 Å². The molecule has 0 bridgehead atoms. The van der Waals surface area contributed by atoms with Crippen LogP contribution in [0.15, 0.2) is 11.6 Å². The van der Waals surface area contributed by atoms with Crippen LogP contribution < -0.4 is 0 Å². The van der Waals surface area contributed by atoms with Crippen LogP contribution in [0.5, 0.6) is 0 Å². The van der Waals surface area contributed by atoms with Crippen molar-refractivity contribution in [2.45, 2.75) is 112 Å². The zero-order valence-electron chi connectivity index (χ0n) is 22.5. The van der Waals surface area contributed by atoms with Crippen LogP contribution in [-0.2, 0) is 0 Å². The van der Waals surface area contributed by atoms with E-state index in [4.69, 9.17) is 0 Å². The first kappa shape index (κ1) is 25.2. The summed E-state index contributed by atoms with van der Waals surface area (Å²) in [5, 5.41) is 43.8. The van der Waals surface area contributed by atoms with Gasteiger partial charge in [0.1, 0.15) is 0 Å². The summed E-state index contributed by atoms with van der Waals surface area (Å²) >= 11 is 0. The van der Waals surface area contributed by atoms with Crippen molar-refractivity contribution in [3.05, 3.63) is 11.6 Å². The van der Waals surface area contributed by atoms with Gasteiger partial charge in [0, 0.05) is 24.0 Å². The Balaban J connectivity index is 1.61. The fourth-order valence-electron chi connectivity index (χ4n) is 10.8. The minimum atomic E-state index is -0.462. The van der Waals surface area contributed by atoms with Crippen LogP contribution in [0.2, 0.25) is 0 Å². The van der Waals surface area contributed by atoms with E-state index in [2.05, 4.69) is 47.6 Å². The highest BCUT2D eigenvalue weighted by Gasteiger charge is 2.70. The summed E-state index contributed by atoms with van der Waals surface area (Å²) in [7, 11) is 0. The standard InChI is InChI=1S/C30H50O4/c1-25(2)21-9-12-28(5)22(27(21,4)11-10-23(25)33)8-7-19-20-15-26(3,17-31)13-14-30(20,18-32)16-24(34)29(19,28)6/h7,20-24,31-34H,8-18H2,1-6H3/t20-,21-,22+,23-,24-,26-,27-,28+,29-,30+/m0/s1. The highest BCUT2D eigenvalue weighted by Crippen LogP contribution is 2.75. The number of allylic oxidation sites excluding steroid dienone is 1. The van der Waals surface area contributed by atoms with Crippen molar-refractivity contribution >= 4 is 0 Å². The van der Waals surface area contributed by atoms with Gasteiger partial charge in [0.05, 0.1) is 12.2 Å². The molecule has 0 radical (unpaired) electrons. The van der Waals surface area contributed by atoms with Gasteiger partial charge in [-0.3, -0.25) is 0 Å². The third-order valence-electron chi connectivity index (χ3n) is 13.4. The molecule has 4 heteroatoms. The Morgan fingerprint density at radius 1 is 0.794 bits per heavy atom. The quantitative estimate of drug-likeness (QED) is 0.421. The van der Waals surface area contributed by atoms with Crippen molar-refractivity contribution in [2.24, 2.45) is 50.2 Å². The molecule has 0 saturated heterocycles. The first-order valence-corrected chi connectivity index (χ1v) is 14.0. The predicted octanol–water partition coefficient (Wildman–Crippen LogP) is 5.08. The van der Waals surface area contributed by atoms with E-state index in [1.165, 1.54) is 5.57 Å². The lowest BCUT2D eigenvalue weighted by atomic mass is 9.33. The van der Waals surface area contributed by atoms with E-state index >= 15 is 0 Å². The fraction of sp³-hybridized carbons (Fsp3) is 0.933. The maximum absolute atomic E-state index is 12.0. The molecule has 0 heterocycles. The molecule has 0 unspecified atom stereocenters. The zero-order chi connectivity index (χ0) is 24.9. The van der Waals surface area contributed by atoms with E-state index in [0.717, 1.165) is 51.4 Å². The lowest BCUT2D eigenvalue weighted by molar-refractivity contribution is -0.227. The number of fused-ring (bicyclic) bond motifs is 7. The molecule has 0 aromatic heterocycles. The summed E-state index contributed by atoms with van der Waals surface area (Å²) in [5.41, 5.74) is 0.742. The number of aliphatic hydroxyl groups is 4. The molecule has 4 N–H and O–H groups in total. The summed E-state index contributed by atoms with van der Waals surface area (Å²) in [6.07, 6.45) is 10.3. The normalized spacial score (nSPS) is 56.4. The van der Waals surface area contributed by atoms with Gasteiger partial charge < -0.3 is 20.4 Å². The van der Waals surface area contributed by atoms with Crippen LogP contribution in [0.1, 0.15) is 99.3 Å². The molecule has 5 rings (SSSR count). The van der Waals surface area contributed by atoms with Crippen molar-refractivity contribution in [1.29, 1.82) is 0 Å². The Morgan fingerprint density at radius 3 is 2.15 bits per heavy atom. The van der Waals surface area contributed by atoms with Gasteiger partial charge in [-0.1, -0.05) is 53.2 Å². The van der Waals surface area contributed by atoms with Crippen molar-refractivity contribution in [2.75, 3.05) is 13.2 Å². The molecule has 4 fully saturated rings. The van der Waals surface area contributed by atoms with Gasteiger partial charge in [-0.05, 0) is 97.2 Å². The topological polar surface area (TPSA) is 80.9 Å². The van der Waals surface area contributed by atoms with Crippen molar-refractivity contribution in [1.82, 2.24) is 0 Å². The smallest absolute Gasteiger partial charge is 0.0642 e. The summed E-state index contributed by atoms with van der Waals surface area (Å²) in [6, 6.07) is 0. The molecule has 5 aliphatic carbocycles. The Labute approximate surface area is 207 Å². The molecular formula is C30H50O4. The summed E-state index contributed by atoms with van der Waals surface area (Å²) < 4.78 is 0. The van der Waals surface area contributed by atoms with E-state index in [1.54, 1.807) is 0 Å². The molecule has 4 nitrogen and oxygen atoms in total. The maximum atomic E-state index is 12.0. The lowest BCUT2D eigenvalue weighted by Gasteiger charge is -2.72. The van der Waals surface area contributed by atoms with Gasteiger partial charge >= 0.3 is 0 Å². The van der Waals surface area contributed by atoms with Crippen LogP contribution in [-0.4, -0.2) is 45.8 Å². The minimum Gasteiger partial charge on any atom is -0.396 e. The summed E-state index contributed by atoms with van der Waals surface area (Å²) in [5.74, 6) is 1.19. The highest BCUT2D eigenvalue weighted by atomic mass is 16.3. The third kappa shape index (κ3) is 2.92. The summed E-state index contributed by atoms with van der Waals surface area (Å²) in [4.78, 5) is 0. The second kappa shape index (κ2) is 7.55. The molecule has 0 spiro atoms. The Kier molecular flexibility index (Phi) is 5.61. The molecule has 0 aromatic rings. The first-order valence-electron chi connectivity index (χ1n) is 14.0. The van der Waals surface area contributed by atoms with E-state index in [0.29, 0.717) is 18.3 Å². The first-order chi connectivity index (χ1) is 15.7. The van der Waals surface area contributed by atoms with Crippen molar-refractivity contribution < 1.29 is 20.4 Å². The Bertz CT molecular complexity index is 866. The molecule has 194 valence electrons. The molecule has 10 atom stereocenters. The summed E-state index contributed by atoms with van der Waals surface area (Å²) in [6.45, 7) is 14.4. The van der Waals surface area contributed by atoms with Gasteiger partial charge in [-0.2, -0.15) is 0 Å².